The van der Waals surface area contributed by atoms with Crippen LogP contribution >= 0.6 is 11.3 Å². The molecule has 1 heterocycles. The fourth-order valence-electron chi connectivity index (χ4n) is 6.16. The largest absolute Gasteiger partial charge is 0.446 e. The Bertz CT molecular complexity index is 1690. The number of unbranched alkanes of at least 4 members (excludes halogenated alkanes) is 2. The second kappa shape index (κ2) is 14.6. The summed E-state index contributed by atoms with van der Waals surface area (Å²) in [5.74, 6) is -4.62. The molecule has 3 saturated carbocycles. The number of thiazole rings is 1. The smallest absolute Gasteiger partial charge is 0.411 e. The summed E-state index contributed by atoms with van der Waals surface area (Å²) in [6, 6.07) is 3.84. The van der Waals surface area contributed by atoms with Crippen molar-refractivity contribution in [2.24, 2.45) is 17.8 Å². The van der Waals surface area contributed by atoms with Crippen molar-refractivity contribution < 1.29 is 38.1 Å². The van der Waals surface area contributed by atoms with Crippen LogP contribution in [0.3, 0.4) is 0 Å². The first-order valence-electron chi connectivity index (χ1n) is 15.9. The summed E-state index contributed by atoms with van der Waals surface area (Å²) < 4.78 is 47.0. The van der Waals surface area contributed by atoms with E-state index in [1.807, 2.05) is 0 Å². The van der Waals surface area contributed by atoms with Crippen LogP contribution in [0.25, 0.3) is 10.6 Å². The van der Waals surface area contributed by atoms with Gasteiger partial charge in [-0.3, -0.25) is 24.4 Å². The zero-order chi connectivity index (χ0) is 34.6. The van der Waals surface area contributed by atoms with Crippen LogP contribution in [0.15, 0.2) is 55.1 Å². The summed E-state index contributed by atoms with van der Waals surface area (Å²) in [5, 5.41) is 6.96. The van der Waals surface area contributed by atoms with Crippen LogP contribution < -0.4 is 15.4 Å². The number of sulfonamides is 1. The van der Waals surface area contributed by atoms with Gasteiger partial charge in [0.1, 0.15) is 22.5 Å². The number of halogens is 1. The maximum atomic E-state index is 14.1. The van der Waals surface area contributed by atoms with Crippen LogP contribution in [0.2, 0.25) is 0 Å². The van der Waals surface area contributed by atoms with Crippen molar-refractivity contribution in [2.45, 2.75) is 68.3 Å². The minimum Gasteiger partial charge on any atom is -0.446 e. The molecule has 15 heteroatoms. The topological polar surface area (TPSA) is 164 Å². The van der Waals surface area contributed by atoms with E-state index in [2.05, 4.69) is 33.5 Å². The third-order valence-electron chi connectivity index (χ3n) is 9.10. The SMILES string of the molecule is C=CCCCCN(C)C(=O)[C@@H]1C[C@H](OC(=O)Nc2ccc(F)cc2-c2nccs2)C[C@H]1C(=O)N[C@]1(C(=O)NS(=O)(=O)C2CC2)C[C@H]1C=C.[HH]. The number of aromatic nitrogens is 1. The van der Waals surface area contributed by atoms with Crippen LogP contribution in [-0.4, -0.2) is 72.6 Å². The molecule has 0 spiro atoms. The first-order valence-corrected chi connectivity index (χ1v) is 18.3. The van der Waals surface area contributed by atoms with Gasteiger partial charge in [-0.05, 0) is 69.6 Å². The van der Waals surface area contributed by atoms with Gasteiger partial charge in [0.05, 0.1) is 22.8 Å². The molecule has 48 heavy (non-hydrogen) atoms. The Morgan fingerprint density at radius 2 is 1.94 bits per heavy atom. The van der Waals surface area contributed by atoms with Crippen molar-refractivity contribution >= 4 is 50.9 Å². The number of hydrogen-bond acceptors (Lipinski definition) is 9. The summed E-state index contributed by atoms with van der Waals surface area (Å²) >= 11 is 1.27. The minimum absolute atomic E-state index is 0. The van der Waals surface area contributed by atoms with Crippen LogP contribution in [0.4, 0.5) is 14.9 Å². The Morgan fingerprint density at radius 1 is 1.19 bits per heavy atom. The van der Waals surface area contributed by atoms with Crippen molar-refractivity contribution in [1.82, 2.24) is 19.9 Å². The maximum Gasteiger partial charge on any atom is 0.411 e. The van der Waals surface area contributed by atoms with Gasteiger partial charge in [0.2, 0.25) is 21.8 Å². The number of allylic oxidation sites excluding steroid dienone is 1. The molecule has 0 aliphatic heterocycles. The predicted molar refractivity (Wildman–Crippen MR) is 181 cm³/mol. The number of amides is 4. The Morgan fingerprint density at radius 3 is 2.58 bits per heavy atom. The summed E-state index contributed by atoms with van der Waals surface area (Å²) in [7, 11) is -2.23. The van der Waals surface area contributed by atoms with Gasteiger partial charge in [0.25, 0.3) is 5.91 Å². The van der Waals surface area contributed by atoms with Crippen molar-refractivity contribution in [3.8, 4) is 10.6 Å². The Labute approximate surface area is 284 Å². The highest BCUT2D eigenvalue weighted by Gasteiger charge is 2.62. The molecule has 3 aliphatic carbocycles. The van der Waals surface area contributed by atoms with Gasteiger partial charge < -0.3 is 15.0 Å². The second-order valence-corrected chi connectivity index (χ2v) is 15.4. The van der Waals surface area contributed by atoms with Gasteiger partial charge in [-0.2, -0.15) is 0 Å². The van der Waals surface area contributed by atoms with E-state index in [1.165, 1.54) is 35.6 Å². The lowest BCUT2D eigenvalue weighted by Crippen LogP contribution is -2.54. The fraction of sp³-hybridized carbons (Fsp3) is 0.485. The van der Waals surface area contributed by atoms with E-state index in [-0.39, 0.29) is 32.3 Å². The molecule has 2 aromatic rings. The lowest BCUT2D eigenvalue weighted by Gasteiger charge is -2.26. The summed E-state index contributed by atoms with van der Waals surface area (Å²) in [4.78, 5) is 59.7. The predicted octanol–water partition coefficient (Wildman–Crippen LogP) is 4.62. The Balaban J connectivity index is 0.00000541. The average molecular weight is 704 g/mol. The number of carbonyl (C=O) groups is 4. The van der Waals surface area contributed by atoms with E-state index in [0.717, 1.165) is 19.3 Å². The number of nitrogens with one attached hydrogen (secondary N) is 3. The molecule has 1 aromatic heterocycles. The van der Waals surface area contributed by atoms with Gasteiger partial charge in [0, 0.05) is 38.1 Å². The average Bonchev–Trinajstić information content (AvgIpc) is 3.92. The molecule has 260 valence electrons. The molecule has 0 unspecified atom stereocenters. The monoisotopic (exact) mass is 703 g/mol. The first kappa shape index (κ1) is 35.2. The van der Waals surface area contributed by atoms with E-state index in [0.29, 0.717) is 30.0 Å². The second-order valence-electron chi connectivity index (χ2n) is 12.6. The summed E-state index contributed by atoms with van der Waals surface area (Å²) in [6.07, 6.45) is 6.60. The van der Waals surface area contributed by atoms with Crippen LogP contribution in [0.5, 0.6) is 0 Å². The molecule has 4 amide bonds. The molecule has 5 rings (SSSR count). The maximum absolute atomic E-state index is 14.1. The Hall–Kier alpha value is -4.11. The molecule has 1 aromatic carbocycles. The standard InChI is InChI=1S/C33H40FN5O7S2.H2/c1-4-6-7-8-14-39(3)30(41)25-18-22(46-32(43)36-27-12-9-21(34)16-26(27)29-35-13-15-47-29)17-24(25)28(40)37-33(19-20(33)5-2)31(42)38-48(44,45)23-10-11-23;/h4-5,9,12-13,15-16,20,22-25H,1-2,6-8,10-11,14,17-19H2,3H3,(H,36,43)(H,37,40)(H,38,42);1H/t20-,22-,24-,25-,33-;/m1./s1. The number of nitrogens with zero attached hydrogens (tertiary/aromatic N) is 2. The molecule has 3 aliphatic rings. The number of rotatable bonds is 15. The minimum atomic E-state index is -3.87. The fourth-order valence-corrected chi connectivity index (χ4v) is 8.19. The van der Waals surface area contributed by atoms with Gasteiger partial charge in [-0.25, -0.2) is 22.6 Å². The summed E-state index contributed by atoms with van der Waals surface area (Å²) in [5.41, 5.74) is -0.880. The third-order valence-corrected chi connectivity index (χ3v) is 11.7. The third kappa shape index (κ3) is 7.95. The highest BCUT2D eigenvalue weighted by molar-refractivity contribution is 7.91. The van der Waals surface area contributed by atoms with Gasteiger partial charge in [-0.15, -0.1) is 24.5 Å². The van der Waals surface area contributed by atoms with E-state index in [4.69, 9.17) is 4.74 Å². The number of anilines is 1. The van der Waals surface area contributed by atoms with Crippen LogP contribution in [-0.2, 0) is 29.1 Å². The zero-order valence-electron chi connectivity index (χ0n) is 26.7. The lowest BCUT2D eigenvalue weighted by molar-refractivity contribution is -0.140. The van der Waals surface area contributed by atoms with Gasteiger partial charge in [0.15, 0.2) is 0 Å². The first-order chi connectivity index (χ1) is 22.9. The van der Waals surface area contributed by atoms with Crippen LogP contribution in [0, 0.1) is 23.6 Å². The molecule has 3 N–H and O–H groups in total. The molecule has 0 saturated heterocycles. The van der Waals surface area contributed by atoms with E-state index >= 15 is 0 Å². The Kier molecular flexibility index (Phi) is 10.7. The molecule has 3 fully saturated rings. The van der Waals surface area contributed by atoms with E-state index < -0.39 is 68.4 Å². The molecule has 12 nitrogen and oxygen atoms in total. The molecular formula is C33H42FN5O7S2. The van der Waals surface area contributed by atoms with Crippen molar-refractivity contribution in [2.75, 3.05) is 18.9 Å². The molecule has 0 radical (unpaired) electrons. The van der Waals surface area contributed by atoms with Gasteiger partial charge in [-0.1, -0.05) is 12.2 Å². The van der Waals surface area contributed by atoms with E-state index in [9.17, 15) is 32.0 Å². The van der Waals surface area contributed by atoms with Crippen LogP contribution in [0.1, 0.15) is 52.8 Å². The zero-order valence-corrected chi connectivity index (χ0v) is 28.3. The highest BCUT2D eigenvalue weighted by Crippen LogP contribution is 2.46. The molecule has 5 atom stereocenters. The molecule has 0 bridgehead atoms. The number of carbonyl (C=O) groups excluding carboxylic acids is 4. The number of hydrogen-bond donors (Lipinski definition) is 3. The number of ether oxygens (including phenoxy) is 1. The van der Waals surface area contributed by atoms with Crippen molar-refractivity contribution in [1.29, 1.82) is 0 Å². The normalized spacial score (nSPS) is 24.6. The van der Waals surface area contributed by atoms with Crippen molar-refractivity contribution in [3.63, 3.8) is 0 Å². The quantitative estimate of drug-likeness (QED) is 0.179. The van der Waals surface area contributed by atoms with Gasteiger partial charge >= 0.3 is 6.09 Å². The van der Waals surface area contributed by atoms with E-state index in [1.54, 1.807) is 29.6 Å². The highest BCUT2D eigenvalue weighted by atomic mass is 32.2. The number of benzene rings is 1. The molecular weight excluding hydrogens is 662 g/mol. The lowest BCUT2D eigenvalue weighted by atomic mass is 9.93. The summed E-state index contributed by atoms with van der Waals surface area (Å²) in [6.45, 7) is 7.88. The van der Waals surface area contributed by atoms with Crippen molar-refractivity contribution in [3.05, 3.63) is 60.9 Å².